The smallest absolute Gasteiger partial charge is 0.193 e. The molecule has 0 aromatic rings. The van der Waals surface area contributed by atoms with Crippen LogP contribution < -0.4 is 0 Å². The lowest BCUT2D eigenvalue weighted by Gasteiger charge is -2.36. The average Bonchev–Trinajstić information content (AvgIpc) is 2.25. The molecule has 122 valence electrons. The Kier molecular flexibility index (Phi) is 10.9. The number of hydrogen-bond acceptors (Lipinski definition) is 1. The van der Waals surface area contributed by atoms with E-state index in [1.54, 1.807) is 0 Å². The molecule has 1 nitrogen and oxygen atoms in total. The lowest BCUT2D eigenvalue weighted by molar-refractivity contribution is 0.274. The van der Waals surface area contributed by atoms with Crippen LogP contribution in [0.25, 0.3) is 0 Å². The normalized spacial score (nSPS) is 12.9. The molecule has 0 aromatic heterocycles. The zero-order chi connectivity index (χ0) is 15.6. The van der Waals surface area contributed by atoms with Crippen LogP contribution in [0, 0.1) is 17.8 Å². The molecule has 0 radical (unpaired) electrons. The van der Waals surface area contributed by atoms with Gasteiger partial charge in [-0.25, -0.2) is 0 Å². The standard InChI is InChI=1S/C18H40OSi/c1-8-9-10-11-12-19-20(13-16(2)3,14-17(4)5)15-18(6)7/h16-18H,8-15H2,1-7H3. The molecule has 0 spiro atoms. The number of unbranched alkanes of at least 4 members (excludes halogenated alkanes) is 3. The van der Waals surface area contributed by atoms with E-state index in [1.165, 1.54) is 43.8 Å². The third-order valence-electron chi connectivity index (χ3n) is 3.75. The van der Waals surface area contributed by atoms with Crippen LogP contribution in [0.5, 0.6) is 0 Å². The average molecular weight is 301 g/mol. The van der Waals surface area contributed by atoms with Crippen LogP contribution in [0.2, 0.25) is 18.1 Å². The molecule has 0 unspecified atom stereocenters. The van der Waals surface area contributed by atoms with Gasteiger partial charge in [-0.3, -0.25) is 0 Å². The molecular weight excluding hydrogens is 260 g/mol. The molecule has 0 rings (SSSR count). The van der Waals surface area contributed by atoms with Crippen LogP contribution in [-0.4, -0.2) is 14.9 Å². The quantitative estimate of drug-likeness (QED) is 0.295. The van der Waals surface area contributed by atoms with Crippen molar-refractivity contribution in [1.29, 1.82) is 0 Å². The maximum Gasteiger partial charge on any atom is 0.193 e. The highest BCUT2D eigenvalue weighted by atomic mass is 28.4. The predicted molar refractivity (Wildman–Crippen MR) is 94.8 cm³/mol. The van der Waals surface area contributed by atoms with Gasteiger partial charge in [0.1, 0.15) is 0 Å². The highest BCUT2D eigenvalue weighted by molar-refractivity contribution is 6.74. The summed E-state index contributed by atoms with van der Waals surface area (Å²) in [5.74, 6) is 2.32. The molecule has 0 fully saturated rings. The van der Waals surface area contributed by atoms with E-state index >= 15 is 0 Å². The Labute approximate surface area is 130 Å². The van der Waals surface area contributed by atoms with E-state index in [0.29, 0.717) is 0 Å². The second kappa shape index (κ2) is 10.8. The SMILES string of the molecule is CCCCCCO[Si](CC(C)C)(CC(C)C)CC(C)C. The third kappa shape index (κ3) is 9.98. The minimum atomic E-state index is -1.54. The van der Waals surface area contributed by atoms with Crippen LogP contribution in [0.3, 0.4) is 0 Å². The second-order valence-corrected chi connectivity index (χ2v) is 11.8. The summed E-state index contributed by atoms with van der Waals surface area (Å²) < 4.78 is 6.65. The molecule has 0 aliphatic carbocycles. The van der Waals surface area contributed by atoms with E-state index in [2.05, 4.69) is 48.5 Å². The largest absolute Gasteiger partial charge is 0.417 e. The maximum absolute atomic E-state index is 6.65. The van der Waals surface area contributed by atoms with Gasteiger partial charge in [0.15, 0.2) is 8.32 Å². The van der Waals surface area contributed by atoms with Gasteiger partial charge in [-0.05, 0) is 42.3 Å². The molecule has 0 aliphatic heterocycles. The van der Waals surface area contributed by atoms with Crippen LogP contribution >= 0.6 is 0 Å². The topological polar surface area (TPSA) is 9.23 Å². The van der Waals surface area contributed by atoms with Crippen LogP contribution in [0.15, 0.2) is 0 Å². The van der Waals surface area contributed by atoms with E-state index in [-0.39, 0.29) is 0 Å². The first-order valence-corrected chi connectivity index (χ1v) is 11.5. The minimum Gasteiger partial charge on any atom is -0.417 e. The molecule has 2 heteroatoms. The number of rotatable bonds is 12. The highest BCUT2D eigenvalue weighted by Crippen LogP contribution is 2.33. The summed E-state index contributed by atoms with van der Waals surface area (Å²) in [6.07, 6.45) is 5.27. The van der Waals surface area contributed by atoms with Crippen molar-refractivity contribution in [2.45, 2.75) is 92.3 Å². The van der Waals surface area contributed by atoms with Gasteiger partial charge in [0, 0.05) is 6.61 Å². The van der Waals surface area contributed by atoms with Crippen molar-refractivity contribution in [2.75, 3.05) is 6.61 Å². The fourth-order valence-corrected chi connectivity index (χ4v) is 9.37. The van der Waals surface area contributed by atoms with Crippen LogP contribution in [-0.2, 0) is 4.43 Å². The highest BCUT2D eigenvalue weighted by Gasteiger charge is 2.36. The lowest BCUT2D eigenvalue weighted by atomic mass is 10.2. The molecule has 0 aliphatic rings. The molecule has 0 saturated carbocycles. The fourth-order valence-electron chi connectivity index (χ4n) is 3.48. The summed E-state index contributed by atoms with van der Waals surface area (Å²) in [5.41, 5.74) is 0. The molecule has 20 heavy (non-hydrogen) atoms. The van der Waals surface area contributed by atoms with Gasteiger partial charge in [0.25, 0.3) is 0 Å². The summed E-state index contributed by atoms with van der Waals surface area (Å²) in [4.78, 5) is 0. The van der Waals surface area contributed by atoms with Gasteiger partial charge in [-0.2, -0.15) is 0 Å². The van der Waals surface area contributed by atoms with Crippen LogP contribution in [0.1, 0.15) is 74.1 Å². The first kappa shape index (κ1) is 20.2. The van der Waals surface area contributed by atoms with E-state index < -0.39 is 8.32 Å². The molecule has 0 saturated heterocycles. The monoisotopic (exact) mass is 300 g/mol. The van der Waals surface area contributed by atoms with Crippen molar-refractivity contribution in [2.24, 2.45) is 17.8 Å². The fraction of sp³-hybridized carbons (Fsp3) is 1.00. The van der Waals surface area contributed by atoms with E-state index in [0.717, 1.165) is 24.4 Å². The van der Waals surface area contributed by atoms with Gasteiger partial charge in [0.05, 0.1) is 0 Å². The van der Waals surface area contributed by atoms with Crippen molar-refractivity contribution in [3.05, 3.63) is 0 Å². The van der Waals surface area contributed by atoms with Crippen LogP contribution in [0.4, 0.5) is 0 Å². The summed E-state index contributed by atoms with van der Waals surface area (Å²) >= 11 is 0. The Morgan fingerprint density at radius 2 is 1.15 bits per heavy atom. The maximum atomic E-state index is 6.65. The van der Waals surface area contributed by atoms with E-state index in [4.69, 9.17) is 4.43 Å². The molecule has 0 aromatic carbocycles. The zero-order valence-corrected chi connectivity index (χ0v) is 16.3. The molecule has 0 atom stereocenters. The van der Waals surface area contributed by atoms with Gasteiger partial charge >= 0.3 is 0 Å². The van der Waals surface area contributed by atoms with Crippen molar-refractivity contribution in [1.82, 2.24) is 0 Å². The molecule has 0 N–H and O–H groups in total. The Bertz CT molecular complexity index is 197. The Balaban J connectivity index is 4.60. The molecule has 0 heterocycles. The summed E-state index contributed by atoms with van der Waals surface area (Å²) in [5, 5.41) is 0. The van der Waals surface area contributed by atoms with Gasteiger partial charge < -0.3 is 4.43 Å². The number of hydrogen-bond donors (Lipinski definition) is 0. The summed E-state index contributed by atoms with van der Waals surface area (Å²) in [6, 6.07) is 4.03. The Morgan fingerprint density at radius 1 is 0.700 bits per heavy atom. The first-order valence-electron chi connectivity index (χ1n) is 8.95. The van der Waals surface area contributed by atoms with Gasteiger partial charge in [-0.1, -0.05) is 67.7 Å². The third-order valence-corrected chi connectivity index (χ3v) is 9.24. The lowest BCUT2D eigenvalue weighted by Crippen LogP contribution is -2.42. The van der Waals surface area contributed by atoms with Crippen molar-refractivity contribution >= 4 is 8.32 Å². The minimum absolute atomic E-state index is 0.773. The van der Waals surface area contributed by atoms with Gasteiger partial charge in [0.2, 0.25) is 0 Å². The molecule has 0 amide bonds. The summed E-state index contributed by atoms with van der Waals surface area (Å²) in [6.45, 7) is 17.5. The molecular formula is C18H40OSi. The first-order chi connectivity index (χ1) is 9.31. The van der Waals surface area contributed by atoms with Crippen molar-refractivity contribution < 1.29 is 4.43 Å². The second-order valence-electron chi connectivity index (χ2n) is 7.89. The predicted octanol–water partition coefficient (Wildman–Crippen LogP) is 6.50. The Hall–Kier alpha value is 0.177. The summed E-state index contributed by atoms with van der Waals surface area (Å²) in [7, 11) is -1.54. The Morgan fingerprint density at radius 3 is 1.50 bits per heavy atom. The van der Waals surface area contributed by atoms with Crippen molar-refractivity contribution in [3.8, 4) is 0 Å². The van der Waals surface area contributed by atoms with E-state index in [9.17, 15) is 0 Å². The van der Waals surface area contributed by atoms with Gasteiger partial charge in [-0.15, -0.1) is 0 Å². The van der Waals surface area contributed by atoms with Crippen molar-refractivity contribution in [3.63, 3.8) is 0 Å². The van der Waals surface area contributed by atoms with E-state index in [1.807, 2.05) is 0 Å². The molecule has 0 bridgehead atoms. The zero-order valence-electron chi connectivity index (χ0n) is 15.3.